The van der Waals surface area contributed by atoms with Crippen molar-refractivity contribution in [3.63, 3.8) is 0 Å². The predicted octanol–water partition coefficient (Wildman–Crippen LogP) is 2.98. The average Bonchev–Trinajstić information content (AvgIpc) is 2.72. The third-order valence-electron chi connectivity index (χ3n) is 2.98. The molecule has 0 unspecified atom stereocenters. The van der Waals surface area contributed by atoms with Gasteiger partial charge in [0.05, 0.1) is 5.56 Å². The maximum Gasteiger partial charge on any atom is 0.254 e. The minimum absolute atomic E-state index is 0.174. The first-order valence-electron chi connectivity index (χ1n) is 5.97. The van der Waals surface area contributed by atoms with Gasteiger partial charge in [-0.3, -0.25) is 4.79 Å². The molecule has 106 valence electrons. The van der Waals surface area contributed by atoms with Crippen molar-refractivity contribution in [3.8, 4) is 0 Å². The summed E-state index contributed by atoms with van der Waals surface area (Å²) in [5, 5.41) is 2.47. The van der Waals surface area contributed by atoms with Crippen LogP contribution < -0.4 is 5.32 Å². The van der Waals surface area contributed by atoms with Gasteiger partial charge in [0.2, 0.25) is 0 Å². The molecule has 20 heavy (non-hydrogen) atoms. The molecule has 1 aromatic heterocycles. The van der Waals surface area contributed by atoms with E-state index < -0.39 is 28.9 Å². The summed E-state index contributed by atoms with van der Waals surface area (Å²) in [6.07, 6.45) is 0. The molecule has 0 saturated carbocycles. The summed E-state index contributed by atoms with van der Waals surface area (Å²) < 4.78 is 39.3. The van der Waals surface area contributed by atoms with Crippen LogP contribution in [0, 0.1) is 31.3 Å². The van der Waals surface area contributed by atoms with Crippen molar-refractivity contribution in [3.05, 3.63) is 58.2 Å². The van der Waals surface area contributed by atoms with Crippen LogP contribution in [0.15, 0.2) is 18.2 Å². The monoisotopic (exact) mass is 282 g/mol. The highest BCUT2D eigenvalue weighted by atomic mass is 19.2. The summed E-state index contributed by atoms with van der Waals surface area (Å²) in [6, 6.07) is 3.48. The molecular formula is C14H13F3N2O. The molecule has 0 bridgehead atoms. The molecule has 3 nitrogen and oxygen atoms in total. The number of aryl methyl sites for hydroxylation is 2. The van der Waals surface area contributed by atoms with Crippen LogP contribution in [-0.2, 0) is 6.54 Å². The van der Waals surface area contributed by atoms with E-state index in [0.717, 1.165) is 29.1 Å². The van der Waals surface area contributed by atoms with Gasteiger partial charge in [-0.15, -0.1) is 0 Å². The Balaban J connectivity index is 2.13. The first-order valence-corrected chi connectivity index (χ1v) is 5.97. The molecule has 0 aliphatic heterocycles. The van der Waals surface area contributed by atoms with Gasteiger partial charge in [-0.25, -0.2) is 13.2 Å². The van der Waals surface area contributed by atoms with Gasteiger partial charge in [-0.05, 0) is 37.6 Å². The lowest BCUT2D eigenvalue weighted by Gasteiger charge is -2.06. The van der Waals surface area contributed by atoms with Crippen LogP contribution in [0.25, 0.3) is 0 Å². The van der Waals surface area contributed by atoms with Gasteiger partial charge in [0.25, 0.3) is 5.91 Å². The number of hydrogen-bond acceptors (Lipinski definition) is 1. The van der Waals surface area contributed by atoms with E-state index in [0.29, 0.717) is 0 Å². The Bertz CT molecular complexity index is 665. The second-order valence-electron chi connectivity index (χ2n) is 4.51. The van der Waals surface area contributed by atoms with Gasteiger partial charge < -0.3 is 10.3 Å². The van der Waals surface area contributed by atoms with E-state index in [9.17, 15) is 18.0 Å². The Morgan fingerprint density at radius 2 is 1.90 bits per heavy atom. The lowest BCUT2D eigenvalue weighted by molar-refractivity contribution is 0.0945. The predicted molar refractivity (Wildman–Crippen MR) is 67.8 cm³/mol. The zero-order valence-electron chi connectivity index (χ0n) is 11.0. The molecular weight excluding hydrogens is 269 g/mol. The Labute approximate surface area is 113 Å². The number of H-pyrrole nitrogens is 1. The molecule has 2 rings (SSSR count). The van der Waals surface area contributed by atoms with E-state index in [4.69, 9.17) is 0 Å². The lowest BCUT2D eigenvalue weighted by Crippen LogP contribution is -2.24. The van der Waals surface area contributed by atoms with E-state index in [1.807, 2.05) is 19.9 Å². The first kappa shape index (κ1) is 14.2. The maximum absolute atomic E-state index is 13.4. The molecule has 0 aliphatic carbocycles. The summed E-state index contributed by atoms with van der Waals surface area (Å²) in [7, 11) is 0. The Kier molecular flexibility index (Phi) is 3.83. The lowest BCUT2D eigenvalue weighted by atomic mass is 10.1. The SMILES string of the molecule is Cc1cc(CNC(=O)c2ccc(F)c(F)c2F)c(C)[nH]1. The maximum atomic E-state index is 13.4. The Morgan fingerprint density at radius 3 is 2.50 bits per heavy atom. The van der Waals surface area contributed by atoms with Gasteiger partial charge >= 0.3 is 0 Å². The van der Waals surface area contributed by atoms with Crippen molar-refractivity contribution in [2.75, 3.05) is 0 Å². The van der Waals surface area contributed by atoms with Crippen molar-refractivity contribution in [1.82, 2.24) is 10.3 Å². The number of nitrogens with one attached hydrogen (secondary N) is 2. The molecule has 0 aliphatic rings. The van der Waals surface area contributed by atoms with Crippen molar-refractivity contribution >= 4 is 5.91 Å². The molecule has 0 atom stereocenters. The summed E-state index contributed by atoms with van der Waals surface area (Å²) in [5.41, 5.74) is 2.15. The number of benzene rings is 1. The van der Waals surface area contributed by atoms with Gasteiger partial charge in [-0.1, -0.05) is 0 Å². The molecule has 1 heterocycles. The van der Waals surface area contributed by atoms with E-state index in [-0.39, 0.29) is 6.54 Å². The number of rotatable bonds is 3. The van der Waals surface area contributed by atoms with Crippen LogP contribution >= 0.6 is 0 Å². The van der Waals surface area contributed by atoms with E-state index in [1.54, 1.807) is 0 Å². The van der Waals surface area contributed by atoms with Crippen LogP contribution in [0.4, 0.5) is 13.2 Å². The van der Waals surface area contributed by atoms with Gasteiger partial charge in [0, 0.05) is 17.9 Å². The molecule has 0 spiro atoms. The normalized spacial score (nSPS) is 10.7. The largest absolute Gasteiger partial charge is 0.362 e. The topological polar surface area (TPSA) is 44.9 Å². The average molecular weight is 282 g/mol. The fourth-order valence-corrected chi connectivity index (χ4v) is 1.94. The Hall–Kier alpha value is -2.24. The number of aromatic nitrogens is 1. The number of carbonyl (C=O) groups is 1. The van der Waals surface area contributed by atoms with Crippen LogP contribution in [0.1, 0.15) is 27.3 Å². The van der Waals surface area contributed by atoms with Crippen LogP contribution in [-0.4, -0.2) is 10.9 Å². The fraction of sp³-hybridized carbons (Fsp3) is 0.214. The smallest absolute Gasteiger partial charge is 0.254 e. The van der Waals surface area contributed by atoms with Crippen LogP contribution in [0.5, 0.6) is 0 Å². The minimum atomic E-state index is -1.65. The number of hydrogen-bond donors (Lipinski definition) is 2. The molecule has 0 saturated heterocycles. The summed E-state index contributed by atoms with van der Waals surface area (Å²) in [4.78, 5) is 14.8. The zero-order chi connectivity index (χ0) is 14.9. The molecule has 1 aromatic carbocycles. The van der Waals surface area contributed by atoms with Crippen LogP contribution in [0.2, 0.25) is 0 Å². The van der Waals surface area contributed by atoms with E-state index in [2.05, 4.69) is 10.3 Å². The zero-order valence-corrected chi connectivity index (χ0v) is 11.0. The van der Waals surface area contributed by atoms with E-state index in [1.165, 1.54) is 0 Å². The third kappa shape index (κ3) is 2.68. The van der Waals surface area contributed by atoms with Crippen molar-refractivity contribution in [1.29, 1.82) is 0 Å². The quantitative estimate of drug-likeness (QED) is 0.835. The molecule has 1 amide bonds. The number of aromatic amines is 1. The standard InChI is InChI=1S/C14H13F3N2O/c1-7-5-9(8(2)19-7)6-18-14(20)10-3-4-11(15)13(17)12(10)16/h3-5,19H,6H2,1-2H3,(H,18,20). The second-order valence-corrected chi connectivity index (χ2v) is 4.51. The summed E-state index contributed by atoms with van der Waals surface area (Å²) >= 11 is 0. The van der Waals surface area contributed by atoms with Crippen molar-refractivity contribution in [2.45, 2.75) is 20.4 Å². The first-order chi connectivity index (χ1) is 9.40. The van der Waals surface area contributed by atoms with Crippen molar-refractivity contribution in [2.24, 2.45) is 0 Å². The van der Waals surface area contributed by atoms with Gasteiger partial charge in [0.1, 0.15) is 0 Å². The number of amides is 1. The molecule has 0 radical (unpaired) electrons. The van der Waals surface area contributed by atoms with Crippen LogP contribution in [0.3, 0.4) is 0 Å². The summed E-state index contributed by atoms with van der Waals surface area (Å²) in [6.45, 7) is 3.88. The summed E-state index contributed by atoms with van der Waals surface area (Å²) in [5.74, 6) is -5.24. The molecule has 6 heteroatoms. The number of halogens is 3. The molecule has 2 N–H and O–H groups in total. The van der Waals surface area contributed by atoms with E-state index >= 15 is 0 Å². The number of carbonyl (C=O) groups excluding carboxylic acids is 1. The molecule has 0 fully saturated rings. The molecule has 2 aromatic rings. The minimum Gasteiger partial charge on any atom is -0.362 e. The highest BCUT2D eigenvalue weighted by molar-refractivity contribution is 5.94. The second kappa shape index (κ2) is 5.40. The fourth-order valence-electron chi connectivity index (χ4n) is 1.94. The van der Waals surface area contributed by atoms with Gasteiger partial charge in [-0.2, -0.15) is 0 Å². The highest BCUT2D eigenvalue weighted by Gasteiger charge is 2.18. The highest BCUT2D eigenvalue weighted by Crippen LogP contribution is 2.15. The van der Waals surface area contributed by atoms with Crippen molar-refractivity contribution < 1.29 is 18.0 Å². The third-order valence-corrected chi connectivity index (χ3v) is 2.98. The van der Waals surface area contributed by atoms with Gasteiger partial charge in [0.15, 0.2) is 17.5 Å². The Morgan fingerprint density at radius 1 is 1.20 bits per heavy atom.